The molecule has 1 aliphatic heterocycles. The van der Waals surface area contributed by atoms with Gasteiger partial charge in [-0.25, -0.2) is 4.39 Å². The van der Waals surface area contributed by atoms with Crippen molar-refractivity contribution in [1.29, 1.82) is 0 Å². The van der Waals surface area contributed by atoms with Crippen molar-refractivity contribution < 1.29 is 4.39 Å². The van der Waals surface area contributed by atoms with E-state index in [0.717, 1.165) is 18.7 Å². The molecule has 1 aliphatic rings. The minimum atomic E-state index is -0.280. The summed E-state index contributed by atoms with van der Waals surface area (Å²) in [4.78, 5) is 4.71. The molecule has 0 bridgehead atoms. The van der Waals surface area contributed by atoms with Crippen molar-refractivity contribution in [1.82, 2.24) is 9.80 Å². The van der Waals surface area contributed by atoms with Crippen LogP contribution in [0.25, 0.3) is 0 Å². The third-order valence-electron chi connectivity index (χ3n) is 4.00. The van der Waals surface area contributed by atoms with E-state index in [1.165, 1.54) is 25.5 Å². The quantitative estimate of drug-likeness (QED) is 0.856. The summed E-state index contributed by atoms with van der Waals surface area (Å²) >= 11 is 0. The van der Waals surface area contributed by atoms with Crippen LogP contribution in [0, 0.1) is 17.7 Å². The molecule has 2 rings (SSSR count). The van der Waals surface area contributed by atoms with Gasteiger partial charge < -0.3 is 15.5 Å². The molecule has 1 saturated heterocycles. The van der Waals surface area contributed by atoms with Gasteiger partial charge >= 0.3 is 0 Å². The van der Waals surface area contributed by atoms with Crippen LogP contribution in [-0.4, -0.2) is 49.6 Å². The molecule has 0 aromatic heterocycles. The fourth-order valence-corrected chi connectivity index (χ4v) is 2.86. The van der Waals surface area contributed by atoms with E-state index in [0.29, 0.717) is 11.6 Å². The Morgan fingerprint density at radius 1 is 1.48 bits per heavy atom. The van der Waals surface area contributed by atoms with Gasteiger partial charge in [-0.05, 0) is 51.2 Å². The highest BCUT2D eigenvalue weighted by atomic mass is 19.1. The fourth-order valence-electron chi connectivity index (χ4n) is 2.86. The van der Waals surface area contributed by atoms with Gasteiger partial charge in [0.05, 0.1) is 12.1 Å². The summed E-state index contributed by atoms with van der Waals surface area (Å²) < 4.78 is 13.6. The number of likely N-dealkylation sites (N-methyl/N-ethyl adjacent to an activating group) is 2. The van der Waals surface area contributed by atoms with Crippen molar-refractivity contribution in [2.24, 2.45) is 5.73 Å². The molecule has 0 amide bonds. The van der Waals surface area contributed by atoms with E-state index in [1.807, 2.05) is 12.1 Å². The molecule has 1 heterocycles. The third kappa shape index (κ3) is 4.53. The van der Waals surface area contributed by atoms with Crippen LogP contribution in [0.15, 0.2) is 18.2 Å². The Hall–Kier alpha value is -1.41. The first-order valence-corrected chi connectivity index (χ1v) is 7.46. The standard InChI is InChI=1S/C17H24FN3/c1-20(13-16-6-4-10-21(16)2)12-14-7-8-17(18)15(11-14)5-3-9-19/h7-8,11,16H,4,6,9-10,12-13,19H2,1-2H3. The summed E-state index contributed by atoms with van der Waals surface area (Å²) in [5, 5.41) is 0. The zero-order valence-electron chi connectivity index (χ0n) is 12.9. The van der Waals surface area contributed by atoms with Crippen LogP contribution in [0.2, 0.25) is 0 Å². The Bertz CT molecular complexity index is 533. The molecule has 0 aliphatic carbocycles. The van der Waals surface area contributed by atoms with Crippen LogP contribution in [-0.2, 0) is 6.54 Å². The first-order chi connectivity index (χ1) is 10.1. The van der Waals surface area contributed by atoms with E-state index in [1.54, 1.807) is 0 Å². The topological polar surface area (TPSA) is 32.5 Å². The van der Waals surface area contributed by atoms with Crippen molar-refractivity contribution in [2.75, 3.05) is 33.7 Å². The number of hydrogen-bond donors (Lipinski definition) is 1. The normalized spacial score (nSPS) is 18.8. The molecule has 3 nitrogen and oxygen atoms in total. The van der Waals surface area contributed by atoms with Crippen LogP contribution < -0.4 is 5.73 Å². The summed E-state index contributed by atoms with van der Waals surface area (Å²) in [5.41, 5.74) is 6.86. The van der Waals surface area contributed by atoms with Gasteiger partial charge in [0.15, 0.2) is 0 Å². The van der Waals surface area contributed by atoms with Gasteiger partial charge in [0, 0.05) is 19.1 Å². The fraction of sp³-hybridized carbons (Fsp3) is 0.529. The zero-order chi connectivity index (χ0) is 15.2. The molecule has 0 spiro atoms. The summed E-state index contributed by atoms with van der Waals surface area (Å²) in [6.45, 7) is 3.28. The molecule has 1 atom stereocenters. The molecular formula is C17H24FN3. The first-order valence-electron chi connectivity index (χ1n) is 7.46. The van der Waals surface area contributed by atoms with Crippen molar-refractivity contribution in [3.63, 3.8) is 0 Å². The second-order valence-corrected chi connectivity index (χ2v) is 5.79. The van der Waals surface area contributed by atoms with E-state index in [4.69, 9.17) is 5.73 Å². The number of nitrogens with two attached hydrogens (primary N) is 1. The number of hydrogen-bond acceptors (Lipinski definition) is 3. The Balaban J connectivity index is 1.98. The first kappa shape index (κ1) is 16.0. The minimum Gasteiger partial charge on any atom is -0.320 e. The monoisotopic (exact) mass is 289 g/mol. The lowest BCUT2D eigenvalue weighted by atomic mass is 10.1. The largest absolute Gasteiger partial charge is 0.320 e. The smallest absolute Gasteiger partial charge is 0.138 e. The molecule has 4 heteroatoms. The highest BCUT2D eigenvalue weighted by Crippen LogP contribution is 2.17. The molecule has 0 saturated carbocycles. The zero-order valence-corrected chi connectivity index (χ0v) is 12.9. The second-order valence-electron chi connectivity index (χ2n) is 5.79. The summed E-state index contributed by atoms with van der Waals surface area (Å²) in [6.07, 6.45) is 2.54. The number of nitrogens with zero attached hydrogens (tertiary/aromatic N) is 2. The lowest BCUT2D eigenvalue weighted by Crippen LogP contribution is -2.36. The molecule has 2 N–H and O–H groups in total. The molecule has 1 fully saturated rings. The van der Waals surface area contributed by atoms with Crippen molar-refractivity contribution in [3.05, 3.63) is 35.1 Å². The average Bonchev–Trinajstić information content (AvgIpc) is 2.85. The van der Waals surface area contributed by atoms with E-state index < -0.39 is 0 Å². The highest BCUT2D eigenvalue weighted by Gasteiger charge is 2.21. The molecule has 114 valence electrons. The number of rotatable bonds is 4. The summed E-state index contributed by atoms with van der Waals surface area (Å²) in [5.74, 6) is 5.22. The Labute approximate surface area is 126 Å². The number of halogens is 1. The van der Waals surface area contributed by atoms with Crippen molar-refractivity contribution in [2.45, 2.75) is 25.4 Å². The molecule has 1 unspecified atom stereocenters. The van der Waals surface area contributed by atoms with Gasteiger partial charge in [-0.1, -0.05) is 17.9 Å². The molecule has 21 heavy (non-hydrogen) atoms. The lowest BCUT2D eigenvalue weighted by molar-refractivity contribution is 0.215. The lowest BCUT2D eigenvalue weighted by Gasteiger charge is -2.25. The van der Waals surface area contributed by atoms with E-state index in [-0.39, 0.29) is 12.4 Å². The predicted molar refractivity (Wildman–Crippen MR) is 84.3 cm³/mol. The van der Waals surface area contributed by atoms with Crippen LogP contribution in [0.1, 0.15) is 24.0 Å². The van der Waals surface area contributed by atoms with Crippen LogP contribution >= 0.6 is 0 Å². The van der Waals surface area contributed by atoms with Gasteiger partial charge in [-0.3, -0.25) is 0 Å². The third-order valence-corrected chi connectivity index (χ3v) is 4.00. The maximum Gasteiger partial charge on any atom is 0.138 e. The Morgan fingerprint density at radius 2 is 2.29 bits per heavy atom. The Kier molecular flexibility index (Phi) is 5.75. The second kappa shape index (κ2) is 7.56. The summed E-state index contributed by atoms with van der Waals surface area (Å²) in [6, 6.07) is 5.78. The predicted octanol–water partition coefficient (Wildman–Crippen LogP) is 1.66. The van der Waals surface area contributed by atoms with Crippen molar-refractivity contribution >= 4 is 0 Å². The van der Waals surface area contributed by atoms with Crippen LogP contribution in [0.5, 0.6) is 0 Å². The van der Waals surface area contributed by atoms with E-state index >= 15 is 0 Å². The minimum absolute atomic E-state index is 0.248. The summed E-state index contributed by atoms with van der Waals surface area (Å²) in [7, 11) is 4.30. The maximum atomic E-state index is 13.6. The number of likely N-dealkylation sites (tertiary alicyclic amines) is 1. The molecule has 1 aromatic carbocycles. The SMILES string of the molecule is CN(Cc1ccc(F)c(C#CCN)c1)CC1CCCN1C. The molecule has 1 aromatic rings. The van der Waals surface area contributed by atoms with Crippen molar-refractivity contribution in [3.8, 4) is 11.8 Å². The maximum absolute atomic E-state index is 13.6. The van der Waals surface area contributed by atoms with Crippen LogP contribution in [0.4, 0.5) is 4.39 Å². The highest BCUT2D eigenvalue weighted by molar-refractivity contribution is 5.38. The van der Waals surface area contributed by atoms with Gasteiger partial charge in [-0.15, -0.1) is 0 Å². The van der Waals surface area contributed by atoms with Gasteiger partial charge in [0.25, 0.3) is 0 Å². The Morgan fingerprint density at radius 3 is 2.95 bits per heavy atom. The van der Waals surface area contributed by atoms with E-state index in [2.05, 4.69) is 35.7 Å². The van der Waals surface area contributed by atoms with Gasteiger partial charge in [-0.2, -0.15) is 0 Å². The molecular weight excluding hydrogens is 265 g/mol. The van der Waals surface area contributed by atoms with E-state index in [9.17, 15) is 4.39 Å². The number of benzene rings is 1. The van der Waals surface area contributed by atoms with Crippen LogP contribution in [0.3, 0.4) is 0 Å². The molecule has 0 radical (unpaired) electrons. The van der Waals surface area contributed by atoms with Gasteiger partial charge in [0.2, 0.25) is 0 Å². The average molecular weight is 289 g/mol. The van der Waals surface area contributed by atoms with Gasteiger partial charge in [0.1, 0.15) is 5.82 Å².